The Balaban J connectivity index is 2.08. The van der Waals surface area contributed by atoms with Crippen LogP contribution in [0.4, 0.5) is 0 Å². The molecule has 1 aliphatic rings. The Labute approximate surface area is 263 Å². The van der Waals surface area contributed by atoms with Crippen LogP contribution in [-0.4, -0.2) is 89.6 Å². The lowest BCUT2D eigenvalue weighted by atomic mass is 9.81. The molecule has 1 heterocycles. The first-order chi connectivity index (χ1) is 21.2. The van der Waals surface area contributed by atoms with Crippen LogP contribution < -0.4 is 10.6 Å². The van der Waals surface area contributed by atoms with Crippen LogP contribution in [0, 0.1) is 0 Å². The Morgan fingerprint density at radius 3 is 1.38 bits per heavy atom. The van der Waals surface area contributed by atoms with E-state index in [1.54, 1.807) is 91.0 Å². The SMILES string of the molecule is O=P(O)(O)C(Cc1ccccc1)N1CCNCCNCC1(C(Cc1ccccc1)P(=O)(O)O)C(Cc1ccccc1)P(=O)(O)O. The number of rotatable bonds is 12. The van der Waals surface area contributed by atoms with E-state index in [0.29, 0.717) is 23.2 Å². The van der Waals surface area contributed by atoms with Gasteiger partial charge in [-0.05, 0) is 36.0 Å². The molecule has 0 aromatic heterocycles. The fourth-order valence-electron chi connectivity index (χ4n) is 6.45. The summed E-state index contributed by atoms with van der Waals surface area (Å²) < 4.78 is 41.0. The summed E-state index contributed by atoms with van der Waals surface area (Å²) in [6.45, 7) is 0.341. The fraction of sp³-hybridized carbons (Fsp3) is 0.400. The van der Waals surface area contributed by atoms with Crippen molar-refractivity contribution in [1.82, 2.24) is 15.5 Å². The third-order valence-electron chi connectivity index (χ3n) is 8.47. The monoisotopic (exact) mass is 681 g/mol. The van der Waals surface area contributed by atoms with E-state index in [4.69, 9.17) is 0 Å². The first kappa shape index (κ1) is 35.8. The highest BCUT2D eigenvalue weighted by molar-refractivity contribution is 7.54. The third kappa shape index (κ3) is 9.30. The second kappa shape index (κ2) is 15.3. The Bertz CT molecular complexity index is 1430. The molecule has 0 radical (unpaired) electrons. The molecule has 0 spiro atoms. The largest absolute Gasteiger partial charge is 0.342 e. The van der Waals surface area contributed by atoms with Gasteiger partial charge in [0.15, 0.2) is 0 Å². The van der Waals surface area contributed by atoms with Crippen LogP contribution in [0.5, 0.6) is 0 Å². The quantitative estimate of drug-likeness (QED) is 0.130. The average molecular weight is 682 g/mol. The molecule has 246 valence electrons. The van der Waals surface area contributed by atoms with Crippen molar-refractivity contribution in [3.8, 4) is 0 Å². The molecule has 3 aromatic carbocycles. The van der Waals surface area contributed by atoms with Gasteiger partial charge >= 0.3 is 22.8 Å². The summed E-state index contributed by atoms with van der Waals surface area (Å²) in [4.78, 5) is 67.8. The summed E-state index contributed by atoms with van der Waals surface area (Å²) in [6, 6.07) is 25.5. The summed E-state index contributed by atoms with van der Waals surface area (Å²) in [7, 11) is -15.6. The van der Waals surface area contributed by atoms with E-state index in [1.165, 1.54) is 4.90 Å². The topological polar surface area (TPSA) is 200 Å². The van der Waals surface area contributed by atoms with Gasteiger partial charge < -0.3 is 40.0 Å². The zero-order chi connectivity index (χ0) is 32.7. The van der Waals surface area contributed by atoms with Gasteiger partial charge in [0.05, 0.1) is 16.9 Å². The van der Waals surface area contributed by atoms with E-state index in [1.807, 2.05) is 0 Å². The predicted molar refractivity (Wildman–Crippen MR) is 173 cm³/mol. The molecule has 0 saturated carbocycles. The molecule has 0 aliphatic carbocycles. The Morgan fingerprint density at radius 2 is 0.978 bits per heavy atom. The maximum Gasteiger partial charge on any atom is 0.342 e. The van der Waals surface area contributed by atoms with E-state index in [2.05, 4.69) is 10.6 Å². The zero-order valence-electron chi connectivity index (χ0n) is 24.7. The molecule has 8 N–H and O–H groups in total. The van der Waals surface area contributed by atoms with Gasteiger partial charge in [0, 0.05) is 32.7 Å². The van der Waals surface area contributed by atoms with E-state index >= 15 is 0 Å². The number of benzene rings is 3. The average Bonchev–Trinajstić information content (AvgIpc) is 3.08. The minimum Gasteiger partial charge on any atom is -0.324 e. The van der Waals surface area contributed by atoms with Crippen LogP contribution in [0.25, 0.3) is 0 Å². The van der Waals surface area contributed by atoms with Crippen molar-refractivity contribution in [1.29, 1.82) is 0 Å². The molecular formula is C30H42N3O9P3. The van der Waals surface area contributed by atoms with E-state index in [-0.39, 0.29) is 45.4 Å². The maximum atomic E-state index is 13.8. The lowest BCUT2D eigenvalue weighted by molar-refractivity contribution is 0.0425. The molecular weight excluding hydrogens is 639 g/mol. The summed E-state index contributed by atoms with van der Waals surface area (Å²) in [5.74, 6) is -1.67. The highest BCUT2D eigenvalue weighted by Crippen LogP contribution is 2.61. The fourth-order valence-corrected chi connectivity index (χ4v) is 10.6. The van der Waals surface area contributed by atoms with Crippen LogP contribution in [0.15, 0.2) is 91.0 Å². The molecule has 1 fully saturated rings. The molecule has 4 rings (SSSR count). The minimum absolute atomic E-state index is 0.146. The summed E-state index contributed by atoms with van der Waals surface area (Å²) in [5.41, 5.74) is -4.15. The van der Waals surface area contributed by atoms with Crippen LogP contribution in [0.1, 0.15) is 16.7 Å². The standard InChI is InChI=1S/C30H42N3O9P3/c34-43(35,36)27(20-24-10-4-1-5-11-24)30(28(44(37,38)39)21-25-12-6-2-7-13-25)23-32-17-16-31-18-19-33(30)29(45(40,41)42)22-26-14-8-3-9-15-26/h1-15,27-29,31-32H,16-23H2,(H2,34,35,36)(H2,37,38,39)(H2,40,41,42). The zero-order valence-corrected chi connectivity index (χ0v) is 27.4. The summed E-state index contributed by atoms with van der Waals surface area (Å²) in [6.07, 6.45) is -0.840. The van der Waals surface area contributed by atoms with Crippen LogP contribution >= 0.6 is 22.8 Å². The lowest BCUT2D eigenvalue weighted by Crippen LogP contribution is -2.71. The Hall–Kier alpha value is -2.01. The smallest absolute Gasteiger partial charge is 0.324 e. The van der Waals surface area contributed by atoms with Gasteiger partial charge in [-0.2, -0.15) is 0 Å². The highest BCUT2D eigenvalue weighted by Gasteiger charge is 2.62. The second-order valence-corrected chi connectivity index (χ2v) is 16.8. The minimum atomic E-state index is -5.26. The van der Waals surface area contributed by atoms with Crippen molar-refractivity contribution in [3.05, 3.63) is 108 Å². The number of nitrogens with one attached hydrogen (secondary N) is 2. The van der Waals surface area contributed by atoms with Crippen LogP contribution in [0.3, 0.4) is 0 Å². The maximum absolute atomic E-state index is 13.8. The first-order valence-electron chi connectivity index (χ1n) is 14.7. The summed E-state index contributed by atoms with van der Waals surface area (Å²) in [5, 5.41) is 6.33. The molecule has 3 aromatic rings. The van der Waals surface area contributed by atoms with Gasteiger partial charge in [0.2, 0.25) is 0 Å². The van der Waals surface area contributed by atoms with Crippen molar-refractivity contribution in [3.63, 3.8) is 0 Å². The lowest BCUT2D eigenvalue weighted by Gasteiger charge is -2.55. The van der Waals surface area contributed by atoms with Gasteiger partial charge in [-0.25, -0.2) is 0 Å². The van der Waals surface area contributed by atoms with Gasteiger partial charge in [-0.3, -0.25) is 18.6 Å². The molecule has 0 amide bonds. The van der Waals surface area contributed by atoms with E-state index in [9.17, 15) is 43.1 Å². The van der Waals surface area contributed by atoms with E-state index in [0.717, 1.165) is 0 Å². The molecule has 12 nitrogen and oxygen atoms in total. The molecule has 3 atom stereocenters. The highest BCUT2D eigenvalue weighted by atomic mass is 31.2. The van der Waals surface area contributed by atoms with Crippen LogP contribution in [-0.2, 0) is 33.0 Å². The molecule has 3 unspecified atom stereocenters. The van der Waals surface area contributed by atoms with Crippen molar-refractivity contribution < 1.29 is 43.1 Å². The van der Waals surface area contributed by atoms with Crippen molar-refractivity contribution >= 4 is 22.8 Å². The number of hydrogen-bond donors (Lipinski definition) is 8. The molecule has 1 saturated heterocycles. The van der Waals surface area contributed by atoms with Gasteiger partial charge in [-0.15, -0.1) is 0 Å². The molecule has 1 aliphatic heterocycles. The van der Waals surface area contributed by atoms with Crippen molar-refractivity contribution in [2.75, 3.05) is 32.7 Å². The van der Waals surface area contributed by atoms with Gasteiger partial charge in [0.1, 0.15) is 5.78 Å². The third-order valence-corrected chi connectivity index (χ3v) is 12.6. The number of nitrogens with zero attached hydrogens (tertiary/aromatic N) is 1. The Morgan fingerprint density at radius 1 is 0.578 bits per heavy atom. The van der Waals surface area contributed by atoms with Crippen molar-refractivity contribution in [2.24, 2.45) is 0 Å². The predicted octanol–water partition coefficient (Wildman–Crippen LogP) is 2.54. The molecule has 15 heteroatoms. The number of hydrogen-bond acceptors (Lipinski definition) is 6. The van der Waals surface area contributed by atoms with Gasteiger partial charge in [0.25, 0.3) is 0 Å². The first-order valence-corrected chi connectivity index (χ1v) is 19.7. The van der Waals surface area contributed by atoms with E-state index < -0.39 is 45.4 Å². The Kier molecular flexibility index (Phi) is 12.2. The molecule has 45 heavy (non-hydrogen) atoms. The van der Waals surface area contributed by atoms with Gasteiger partial charge in [-0.1, -0.05) is 91.0 Å². The van der Waals surface area contributed by atoms with Crippen LogP contribution in [0.2, 0.25) is 0 Å². The summed E-state index contributed by atoms with van der Waals surface area (Å²) >= 11 is 0. The molecule has 0 bridgehead atoms. The van der Waals surface area contributed by atoms with Crippen molar-refractivity contribution in [2.45, 2.75) is 41.9 Å². The normalized spacial score (nSPS) is 21.2. The second-order valence-electron chi connectivity index (χ2n) is 11.5.